The molecule has 1 heterocycles. The van der Waals surface area contributed by atoms with Crippen molar-refractivity contribution in [2.24, 2.45) is 0 Å². The fraction of sp³-hybridized carbons (Fsp3) is 0.667. The van der Waals surface area contributed by atoms with Crippen LogP contribution in [0.1, 0.15) is 58.3 Å². The van der Waals surface area contributed by atoms with E-state index in [1.165, 1.54) is 57.9 Å². The van der Waals surface area contributed by atoms with Crippen molar-refractivity contribution < 1.29 is 17.0 Å². The normalized spacial score (nSPS) is 9.94. The second-order valence-electron chi connectivity index (χ2n) is 4.59. The van der Waals surface area contributed by atoms with Crippen molar-refractivity contribution in [2.75, 3.05) is 0 Å². The molecule has 98 valence electrons. The molecule has 2 heteroatoms. The summed E-state index contributed by atoms with van der Waals surface area (Å²) in [7, 11) is 0. The second kappa shape index (κ2) is 11.9. The summed E-state index contributed by atoms with van der Waals surface area (Å²) in [6.07, 6.45) is 15.5. The molecule has 1 rings (SSSR count). The molecule has 1 nitrogen and oxygen atoms in total. The SMILES string of the molecule is CCCCCCCCCC[n+]1ccccc1.[Cl-]. The van der Waals surface area contributed by atoms with Gasteiger partial charge in [-0.05, 0) is 6.42 Å². The third-order valence-corrected chi connectivity index (χ3v) is 3.05. The zero-order valence-electron chi connectivity index (χ0n) is 11.1. The molecule has 0 aliphatic carbocycles. The molecular formula is C15H26ClN. The molecule has 0 radical (unpaired) electrons. The molecule has 0 aromatic carbocycles. The highest BCUT2D eigenvalue weighted by atomic mass is 35.5. The first-order valence-electron chi connectivity index (χ1n) is 6.87. The van der Waals surface area contributed by atoms with Crippen molar-refractivity contribution in [3.05, 3.63) is 30.6 Å². The molecule has 0 aliphatic heterocycles. The van der Waals surface area contributed by atoms with Crippen LogP contribution in [0.2, 0.25) is 0 Å². The lowest BCUT2D eigenvalue weighted by molar-refractivity contribution is -0.697. The minimum Gasteiger partial charge on any atom is -1.00 e. The lowest BCUT2D eigenvalue weighted by Gasteiger charge is -2.00. The molecular weight excluding hydrogens is 230 g/mol. The van der Waals surface area contributed by atoms with Gasteiger partial charge in [-0.25, -0.2) is 4.57 Å². The first kappa shape index (κ1) is 16.4. The van der Waals surface area contributed by atoms with Crippen LogP contribution in [0.5, 0.6) is 0 Å². The number of hydrogen-bond donors (Lipinski definition) is 0. The highest BCUT2D eigenvalue weighted by Gasteiger charge is 1.97. The van der Waals surface area contributed by atoms with Gasteiger partial charge in [0, 0.05) is 18.6 Å². The van der Waals surface area contributed by atoms with E-state index in [4.69, 9.17) is 0 Å². The van der Waals surface area contributed by atoms with Gasteiger partial charge in [0.1, 0.15) is 6.54 Å². The van der Waals surface area contributed by atoms with E-state index in [9.17, 15) is 0 Å². The van der Waals surface area contributed by atoms with Gasteiger partial charge < -0.3 is 12.4 Å². The molecule has 17 heavy (non-hydrogen) atoms. The molecule has 0 atom stereocenters. The number of halogens is 1. The van der Waals surface area contributed by atoms with Crippen LogP contribution in [0.3, 0.4) is 0 Å². The summed E-state index contributed by atoms with van der Waals surface area (Å²) in [6, 6.07) is 6.28. The minimum atomic E-state index is 0. The Morgan fingerprint density at radius 1 is 0.706 bits per heavy atom. The van der Waals surface area contributed by atoms with Gasteiger partial charge in [0.05, 0.1) is 0 Å². The Morgan fingerprint density at radius 3 is 1.82 bits per heavy atom. The predicted octanol–water partition coefficient (Wildman–Crippen LogP) is 1.12. The summed E-state index contributed by atoms with van der Waals surface area (Å²) in [5, 5.41) is 0. The molecule has 0 amide bonds. The Labute approximate surface area is 113 Å². The number of pyridine rings is 1. The number of unbranched alkanes of at least 4 members (excludes halogenated alkanes) is 7. The monoisotopic (exact) mass is 255 g/mol. The summed E-state index contributed by atoms with van der Waals surface area (Å²) in [5.41, 5.74) is 0. The first-order valence-corrected chi connectivity index (χ1v) is 6.87. The molecule has 0 aliphatic rings. The predicted molar refractivity (Wildman–Crippen MR) is 69.2 cm³/mol. The highest BCUT2D eigenvalue weighted by Crippen LogP contribution is 2.08. The van der Waals surface area contributed by atoms with Crippen molar-refractivity contribution in [3.8, 4) is 0 Å². The fourth-order valence-electron chi connectivity index (χ4n) is 2.01. The largest absolute Gasteiger partial charge is 1.00 e. The topological polar surface area (TPSA) is 3.88 Å². The van der Waals surface area contributed by atoms with E-state index in [0.29, 0.717) is 0 Å². The van der Waals surface area contributed by atoms with Gasteiger partial charge in [0.15, 0.2) is 12.4 Å². The summed E-state index contributed by atoms with van der Waals surface area (Å²) in [6.45, 7) is 3.45. The van der Waals surface area contributed by atoms with Crippen molar-refractivity contribution in [1.82, 2.24) is 0 Å². The van der Waals surface area contributed by atoms with Crippen molar-refractivity contribution in [1.29, 1.82) is 0 Å². The van der Waals surface area contributed by atoms with E-state index in [2.05, 4.69) is 42.1 Å². The Bertz CT molecular complexity index is 248. The van der Waals surface area contributed by atoms with Crippen LogP contribution >= 0.6 is 0 Å². The van der Waals surface area contributed by atoms with E-state index < -0.39 is 0 Å². The van der Waals surface area contributed by atoms with E-state index in [1.54, 1.807) is 0 Å². The van der Waals surface area contributed by atoms with E-state index in [1.807, 2.05) is 0 Å². The highest BCUT2D eigenvalue weighted by molar-refractivity contribution is 4.83. The molecule has 0 saturated carbocycles. The molecule has 0 saturated heterocycles. The maximum atomic E-state index is 2.27. The van der Waals surface area contributed by atoms with Gasteiger partial charge in [0.2, 0.25) is 0 Å². The van der Waals surface area contributed by atoms with E-state index >= 15 is 0 Å². The van der Waals surface area contributed by atoms with Crippen LogP contribution in [0.25, 0.3) is 0 Å². The maximum absolute atomic E-state index is 2.27. The number of hydrogen-bond acceptors (Lipinski definition) is 0. The number of rotatable bonds is 9. The van der Waals surface area contributed by atoms with Crippen molar-refractivity contribution >= 4 is 0 Å². The van der Waals surface area contributed by atoms with Gasteiger partial charge in [-0.1, -0.05) is 51.5 Å². The molecule has 0 N–H and O–H groups in total. The molecule has 0 unspecified atom stereocenters. The molecule has 0 spiro atoms. The quantitative estimate of drug-likeness (QED) is 0.460. The summed E-state index contributed by atoms with van der Waals surface area (Å²) in [4.78, 5) is 0. The van der Waals surface area contributed by atoms with Crippen LogP contribution in [0, 0.1) is 0 Å². The van der Waals surface area contributed by atoms with Crippen LogP contribution < -0.4 is 17.0 Å². The molecule has 1 aromatic heterocycles. The third-order valence-electron chi connectivity index (χ3n) is 3.05. The Balaban J connectivity index is 0.00000256. The zero-order valence-corrected chi connectivity index (χ0v) is 11.8. The van der Waals surface area contributed by atoms with Crippen LogP contribution in [-0.2, 0) is 6.54 Å². The smallest absolute Gasteiger partial charge is 0.168 e. The Kier molecular flexibility index (Phi) is 11.5. The van der Waals surface area contributed by atoms with Gasteiger partial charge in [-0.3, -0.25) is 0 Å². The zero-order chi connectivity index (χ0) is 11.5. The lowest BCUT2D eigenvalue weighted by atomic mass is 10.1. The van der Waals surface area contributed by atoms with Crippen LogP contribution in [-0.4, -0.2) is 0 Å². The summed E-state index contributed by atoms with van der Waals surface area (Å²) >= 11 is 0. The maximum Gasteiger partial charge on any atom is 0.168 e. The van der Waals surface area contributed by atoms with Gasteiger partial charge in [-0.15, -0.1) is 0 Å². The fourth-order valence-corrected chi connectivity index (χ4v) is 2.01. The third kappa shape index (κ3) is 9.17. The number of aromatic nitrogens is 1. The number of aryl methyl sites for hydroxylation is 1. The molecule has 1 aromatic rings. The minimum absolute atomic E-state index is 0. The van der Waals surface area contributed by atoms with Crippen molar-refractivity contribution in [3.63, 3.8) is 0 Å². The van der Waals surface area contributed by atoms with E-state index in [-0.39, 0.29) is 12.4 Å². The molecule has 0 bridgehead atoms. The van der Waals surface area contributed by atoms with Gasteiger partial charge in [-0.2, -0.15) is 0 Å². The average molecular weight is 256 g/mol. The second-order valence-corrected chi connectivity index (χ2v) is 4.59. The Hall–Kier alpha value is -0.560. The average Bonchev–Trinajstić information content (AvgIpc) is 2.34. The first-order chi connectivity index (χ1) is 7.93. The van der Waals surface area contributed by atoms with Gasteiger partial charge in [0.25, 0.3) is 0 Å². The lowest BCUT2D eigenvalue weighted by Crippen LogP contribution is -3.00. The van der Waals surface area contributed by atoms with Crippen LogP contribution in [0.4, 0.5) is 0 Å². The Morgan fingerprint density at radius 2 is 1.24 bits per heavy atom. The number of nitrogens with zero attached hydrogens (tertiary/aromatic N) is 1. The standard InChI is InChI=1S/C15H26N.ClH/c1-2-3-4-5-6-7-8-10-13-16-14-11-9-12-15-16;/h9,11-12,14-15H,2-8,10,13H2,1H3;1H/q+1;/p-1. The summed E-state index contributed by atoms with van der Waals surface area (Å²) < 4.78 is 2.27. The van der Waals surface area contributed by atoms with Crippen molar-refractivity contribution in [2.45, 2.75) is 64.8 Å². The van der Waals surface area contributed by atoms with E-state index in [0.717, 1.165) is 0 Å². The molecule has 0 fully saturated rings. The van der Waals surface area contributed by atoms with Gasteiger partial charge >= 0.3 is 0 Å². The van der Waals surface area contributed by atoms with Crippen LogP contribution in [0.15, 0.2) is 30.6 Å². The summed E-state index contributed by atoms with van der Waals surface area (Å²) in [5.74, 6) is 0.